The molecular weight excluding hydrogens is 304 g/mol. The van der Waals surface area contributed by atoms with E-state index in [-0.39, 0.29) is 18.4 Å². The van der Waals surface area contributed by atoms with Gasteiger partial charge in [-0.2, -0.15) is 0 Å². The Bertz CT molecular complexity index is 613. The van der Waals surface area contributed by atoms with E-state index in [0.717, 1.165) is 17.7 Å². The third-order valence-electron chi connectivity index (χ3n) is 3.85. The van der Waals surface area contributed by atoms with Crippen molar-refractivity contribution < 1.29 is 17.9 Å². The molecule has 1 fully saturated rings. The van der Waals surface area contributed by atoms with Crippen LogP contribution in [-0.4, -0.2) is 45.1 Å². The zero-order chi connectivity index (χ0) is 16.2. The second-order valence-electron chi connectivity index (χ2n) is 5.53. The van der Waals surface area contributed by atoms with Gasteiger partial charge in [-0.25, -0.2) is 12.7 Å². The fourth-order valence-electron chi connectivity index (χ4n) is 2.53. The van der Waals surface area contributed by atoms with Gasteiger partial charge in [0.1, 0.15) is 5.75 Å². The second kappa shape index (κ2) is 7.11. The largest absolute Gasteiger partial charge is 0.497 e. The number of piperidine rings is 1. The number of nitrogens with one attached hydrogen (secondary N) is 1. The number of rotatable bonds is 5. The number of amides is 1. The lowest BCUT2D eigenvalue weighted by molar-refractivity contribution is -0.126. The van der Waals surface area contributed by atoms with Crippen LogP contribution in [0.5, 0.6) is 5.75 Å². The average Bonchev–Trinajstić information content (AvgIpc) is 2.52. The molecule has 1 saturated heterocycles. The van der Waals surface area contributed by atoms with Crippen molar-refractivity contribution in [1.82, 2.24) is 9.62 Å². The number of hydrogen-bond donors (Lipinski definition) is 1. The highest BCUT2D eigenvalue weighted by Gasteiger charge is 2.29. The lowest BCUT2D eigenvalue weighted by atomic mass is 9.99. The lowest BCUT2D eigenvalue weighted by Crippen LogP contribution is -2.44. The van der Waals surface area contributed by atoms with Gasteiger partial charge in [-0.05, 0) is 30.5 Å². The van der Waals surface area contributed by atoms with Crippen LogP contribution in [0.15, 0.2) is 24.3 Å². The molecule has 122 valence electrons. The maximum atomic E-state index is 12.2. The van der Waals surface area contributed by atoms with E-state index in [0.29, 0.717) is 19.5 Å². The van der Waals surface area contributed by atoms with Gasteiger partial charge in [0.05, 0.1) is 19.3 Å². The summed E-state index contributed by atoms with van der Waals surface area (Å²) in [5.41, 5.74) is 0.977. The van der Waals surface area contributed by atoms with E-state index >= 15 is 0 Å². The number of carbonyl (C=O) groups is 1. The molecule has 1 aromatic rings. The third-order valence-corrected chi connectivity index (χ3v) is 5.12. The number of methoxy groups -OCH3 is 1. The van der Waals surface area contributed by atoms with Crippen LogP contribution in [0.25, 0.3) is 0 Å². The van der Waals surface area contributed by atoms with Crippen molar-refractivity contribution in [3.63, 3.8) is 0 Å². The van der Waals surface area contributed by atoms with Crippen LogP contribution in [0, 0.1) is 5.92 Å². The minimum Gasteiger partial charge on any atom is -0.497 e. The molecule has 0 aromatic heterocycles. The van der Waals surface area contributed by atoms with E-state index in [1.807, 2.05) is 24.3 Å². The molecule has 2 rings (SSSR count). The van der Waals surface area contributed by atoms with Gasteiger partial charge in [0, 0.05) is 19.6 Å². The van der Waals surface area contributed by atoms with Gasteiger partial charge in [-0.3, -0.25) is 4.79 Å². The smallest absolute Gasteiger partial charge is 0.224 e. The van der Waals surface area contributed by atoms with E-state index in [1.165, 1.54) is 10.6 Å². The highest BCUT2D eigenvalue weighted by molar-refractivity contribution is 7.88. The molecule has 22 heavy (non-hydrogen) atoms. The summed E-state index contributed by atoms with van der Waals surface area (Å²) in [5.74, 6) is 0.400. The fraction of sp³-hybridized carbons (Fsp3) is 0.533. The molecule has 7 heteroatoms. The van der Waals surface area contributed by atoms with Crippen molar-refractivity contribution in [3.05, 3.63) is 29.8 Å². The quantitative estimate of drug-likeness (QED) is 0.875. The molecule has 0 radical (unpaired) electrons. The zero-order valence-corrected chi connectivity index (χ0v) is 13.7. The highest BCUT2D eigenvalue weighted by Crippen LogP contribution is 2.19. The first-order chi connectivity index (χ1) is 10.4. The molecule has 1 amide bonds. The first-order valence-electron chi connectivity index (χ1n) is 7.26. The number of benzene rings is 1. The SMILES string of the molecule is COc1ccc(CNC(=O)[C@H]2CCCN(S(C)(=O)=O)C2)cc1. The van der Waals surface area contributed by atoms with E-state index in [9.17, 15) is 13.2 Å². The van der Waals surface area contributed by atoms with Gasteiger partial charge in [0.2, 0.25) is 15.9 Å². The van der Waals surface area contributed by atoms with Crippen LogP contribution in [0.1, 0.15) is 18.4 Å². The van der Waals surface area contributed by atoms with Crippen LogP contribution >= 0.6 is 0 Å². The Kier molecular flexibility index (Phi) is 5.42. The fourth-order valence-corrected chi connectivity index (χ4v) is 3.45. The predicted octanol–water partition coefficient (Wildman–Crippen LogP) is 0.983. The van der Waals surface area contributed by atoms with Crippen molar-refractivity contribution >= 4 is 15.9 Å². The van der Waals surface area contributed by atoms with Gasteiger partial charge in [0.15, 0.2) is 0 Å². The van der Waals surface area contributed by atoms with Crippen molar-refractivity contribution in [1.29, 1.82) is 0 Å². The number of hydrogen-bond acceptors (Lipinski definition) is 4. The molecule has 1 aliphatic heterocycles. The molecule has 1 N–H and O–H groups in total. The molecular formula is C15H22N2O4S. The van der Waals surface area contributed by atoms with E-state index in [4.69, 9.17) is 4.74 Å². The van der Waals surface area contributed by atoms with E-state index < -0.39 is 10.0 Å². The molecule has 0 aliphatic carbocycles. The first-order valence-corrected chi connectivity index (χ1v) is 9.11. The number of carbonyl (C=O) groups excluding carboxylic acids is 1. The second-order valence-corrected chi connectivity index (χ2v) is 7.51. The Morgan fingerprint density at radius 1 is 1.36 bits per heavy atom. The minimum atomic E-state index is -3.23. The Morgan fingerprint density at radius 2 is 2.05 bits per heavy atom. The van der Waals surface area contributed by atoms with Gasteiger partial charge < -0.3 is 10.1 Å². The summed E-state index contributed by atoms with van der Waals surface area (Å²) in [7, 11) is -1.62. The van der Waals surface area contributed by atoms with Gasteiger partial charge in [0.25, 0.3) is 0 Å². The van der Waals surface area contributed by atoms with Crippen molar-refractivity contribution in [2.24, 2.45) is 5.92 Å². The van der Waals surface area contributed by atoms with Crippen molar-refractivity contribution in [3.8, 4) is 5.75 Å². The van der Waals surface area contributed by atoms with Crippen LogP contribution in [0.2, 0.25) is 0 Å². The standard InChI is InChI=1S/C15H22N2O4S/c1-21-14-7-5-12(6-8-14)10-16-15(18)13-4-3-9-17(11-13)22(2,19)20/h5-8,13H,3-4,9-11H2,1-2H3,(H,16,18)/t13-/m0/s1. The molecule has 1 aromatic carbocycles. The Hall–Kier alpha value is -1.60. The molecule has 0 unspecified atom stereocenters. The summed E-state index contributed by atoms with van der Waals surface area (Å²) in [6, 6.07) is 7.46. The average molecular weight is 326 g/mol. The maximum absolute atomic E-state index is 12.2. The molecule has 1 heterocycles. The number of sulfonamides is 1. The van der Waals surface area contributed by atoms with Crippen LogP contribution in [0.3, 0.4) is 0 Å². The number of ether oxygens (including phenoxy) is 1. The van der Waals surface area contributed by atoms with Gasteiger partial charge >= 0.3 is 0 Å². The maximum Gasteiger partial charge on any atom is 0.224 e. The van der Waals surface area contributed by atoms with E-state index in [1.54, 1.807) is 7.11 Å². The summed E-state index contributed by atoms with van der Waals surface area (Å²) in [6.45, 7) is 1.20. The van der Waals surface area contributed by atoms with E-state index in [2.05, 4.69) is 5.32 Å². The van der Waals surface area contributed by atoms with Crippen molar-refractivity contribution in [2.75, 3.05) is 26.5 Å². The Labute approximate surface area is 131 Å². The molecule has 6 nitrogen and oxygen atoms in total. The van der Waals surface area contributed by atoms with Gasteiger partial charge in [-0.15, -0.1) is 0 Å². The summed E-state index contributed by atoms with van der Waals surface area (Å²) in [4.78, 5) is 12.2. The lowest BCUT2D eigenvalue weighted by Gasteiger charge is -2.30. The molecule has 0 spiro atoms. The normalized spacial score (nSPS) is 19.6. The highest BCUT2D eigenvalue weighted by atomic mass is 32.2. The zero-order valence-electron chi connectivity index (χ0n) is 12.9. The topological polar surface area (TPSA) is 75.7 Å². The van der Waals surface area contributed by atoms with Crippen LogP contribution in [-0.2, 0) is 21.4 Å². The molecule has 1 atom stereocenters. The summed E-state index contributed by atoms with van der Waals surface area (Å²) < 4.78 is 29.6. The Morgan fingerprint density at radius 3 is 2.64 bits per heavy atom. The van der Waals surface area contributed by atoms with Gasteiger partial charge in [-0.1, -0.05) is 12.1 Å². The van der Waals surface area contributed by atoms with Crippen LogP contribution < -0.4 is 10.1 Å². The Balaban J connectivity index is 1.88. The summed E-state index contributed by atoms with van der Waals surface area (Å²) >= 11 is 0. The first kappa shape index (κ1) is 16.8. The van der Waals surface area contributed by atoms with Crippen molar-refractivity contribution in [2.45, 2.75) is 19.4 Å². The summed E-state index contributed by atoms with van der Waals surface area (Å²) in [5, 5.41) is 2.88. The molecule has 1 aliphatic rings. The van der Waals surface area contributed by atoms with Crippen LogP contribution in [0.4, 0.5) is 0 Å². The monoisotopic (exact) mass is 326 g/mol. The number of nitrogens with zero attached hydrogens (tertiary/aromatic N) is 1. The minimum absolute atomic E-state index is 0.0934. The summed E-state index contributed by atoms with van der Waals surface area (Å²) in [6.07, 6.45) is 2.62. The molecule has 0 saturated carbocycles. The molecule has 0 bridgehead atoms. The predicted molar refractivity (Wildman–Crippen MR) is 84.0 cm³/mol. The third kappa shape index (κ3) is 4.45.